The van der Waals surface area contributed by atoms with Gasteiger partial charge in [-0.15, -0.1) is 10.2 Å². The predicted octanol–water partition coefficient (Wildman–Crippen LogP) is 4.53. The predicted molar refractivity (Wildman–Crippen MR) is 116 cm³/mol. The summed E-state index contributed by atoms with van der Waals surface area (Å²) in [6.45, 7) is 2.92. The van der Waals surface area contributed by atoms with Crippen molar-refractivity contribution >= 4 is 35.0 Å². The number of carbonyl (C=O) groups excluding carboxylic acids is 1. The topological polar surface area (TPSA) is 81.9 Å². The van der Waals surface area contributed by atoms with Crippen LogP contribution in [-0.2, 0) is 11.3 Å². The zero-order valence-electron chi connectivity index (χ0n) is 16.3. The van der Waals surface area contributed by atoms with Gasteiger partial charge >= 0.3 is 0 Å². The molecule has 2 aromatic heterocycles. The highest BCUT2D eigenvalue weighted by Crippen LogP contribution is 2.26. The van der Waals surface area contributed by atoms with E-state index in [2.05, 4.69) is 32.0 Å². The second-order valence-corrected chi connectivity index (χ2v) is 7.52. The minimum Gasteiger partial charge on any atom is -0.497 e. The molecule has 3 rings (SSSR count). The monoisotopic (exact) mass is 431 g/mol. The molecule has 0 saturated heterocycles. The zero-order chi connectivity index (χ0) is 20.6. The van der Waals surface area contributed by atoms with Crippen LogP contribution in [0.5, 0.6) is 5.75 Å². The van der Waals surface area contributed by atoms with Gasteiger partial charge in [0.15, 0.2) is 16.1 Å². The fraction of sp³-hybridized carbons (Fsp3) is 0.300. The van der Waals surface area contributed by atoms with Crippen LogP contribution in [0.1, 0.15) is 19.8 Å². The lowest BCUT2D eigenvalue weighted by Gasteiger charge is -2.10. The minimum absolute atomic E-state index is 0.180. The first-order valence-electron chi connectivity index (χ1n) is 9.23. The fourth-order valence-electron chi connectivity index (χ4n) is 2.66. The average Bonchev–Trinajstić information content (AvgIpc) is 3.15. The first-order chi connectivity index (χ1) is 14.1. The van der Waals surface area contributed by atoms with Gasteiger partial charge in [0.1, 0.15) is 5.75 Å². The number of ether oxygens (including phenoxy) is 1. The van der Waals surface area contributed by atoms with Crippen molar-refractivity contribution < 1.29 is 9.53 Å². The van der Waals surface area contributed by atoms with Gasteiger partial charge in [-0.2, -0.15) is 0 Å². The van der Waals surface area contributed by atoms with E-state index >= 15 is 0 Å². The van der Waals surface area contributed by atoms with Crippen molar-refractivity contribution in [2.24, 2.45) is 0 Å². The van der Waals surface area contributed by atoms with Gasteiger partial charge in [0.05, 0.1) is 18.6 Å². The molecule has 2 heterocycles. The fourth-order valence-corrected chi connectivity index (χ4v) is 3.59. The summed E-state index contributed by atoms with van der Waals surface area (Å²) < 4.78 is 7.28. The Labute approximate surface area is 178 Å². The molecule has 1 amide bonds. The third-order valence-electron chi connectivity index (χ3n) is 4.17. The highest BCUT2D eigenvalue weighted by molar-refractivity contribution is 7.99. The van der Waals surface area contributed by atoms with Crippen LogP contribution < -0.4 is 10.1 Å². The lowest BCUT2D eigenvalue weighted by atomic mass is 10.2. The molecule has 1 N–H and O–H groups in total. The number of amides is 1. The van der Waals surface area contributed by atoms with Crippen LogP contribution in [0.3, 0.4) is 0 Å². The Bertz CT molecular complexity index is 962. The highest BCUT2D eigenvalue weighted by atomic mass is 35.5. The molecule has 9 heteroatoms. The molecule has 29 heavy (non-hydrogen) atoms. The molecule has 0 aliphatic carbocycles. The lowest BCUT2D eigenvalue weighted by molar-refractivity contribution is -0.113. The second-order valence-electron chi connectivity index (χ2n) is 6.22. The molecule has 0 atom stereocenters. The van der Waals surface area contributed by atoms with Crippen LogP contribution in [0.2, 0.25) is 5.15 Å². The van der Waals surface area contributed by atoms with Crippen LogP contribution in [-0.4, -0.2) is 38.5 Å². The van der Waals surface area contributed by atoms with Gasteiger partial charge in [-0.05, 0) is 42.8 Å². The Morgan fingerprint density at radius 3 is 2.72 bits per heavy atom. The Balaban J connectivity index is 1.73. The number of pyridine rings is 1. The van der Waals surface area contributed by atoms with E-state index in [-0.39, 0.29) is 16.8 Å². The summed E-state index contributed by atoms with van der Waals surface area (Å²) in [7, 11) is 1.64. The summed E-state index contributed by atoms with van der Waals surface area (Å²) in [6.07, 6.45) is 3.61. The Hall–Kier alpha value is -2.58. The van der Waals surface area contributed by atoms with Crippen LogP contribution in [0, 0.1) is 0 Å². The minimum atomic E-state index is -0.180. The zero-order valence-corrected chi connectivity index (χ0v) is 17.8. The molecule has 7 nitrogen and oxygen atoms in total. The maximum atomic E-state index is 12.3. The molecule has 0 aliphatic heterocycles. The number of anilines is 1. The normalized spacial score (nSPS) is 10.7. The Morgan fingerprint density at radius 1 is 1.24 bits per heavy atom. The third-order valence-corrected chi connectivity index (χ3v) is 5.43. The van der Waals surface area contributed by atoms with Gasteiger partial charge < -0.3 is 14.6 Å². The second kappa shape index (κ2) is 10.3. The van der Waals surface area contributed by atoms with Crippen molar-refractivity contribution in [1.29, 1.82) is 0 Å². The maximum absolute atomic E-state index is 12.3. The van der Waals surface area contributed by atoms with Gasteiger partial charge in [-0.1, -0.05) is 36.7 Å². The molecule has 0 saturated carbocycles. The summed E-state index contributed by atoms with van der Waals surface area (Å²) in [5, 5.41) is 12.4. The van der Waals surface area contributed by atoms with Crippen molar-refractivity contribution in [2.75, 3.05) is 18.2 Å². The van der Waals surface area contributed by atoms with Crippen LogP contribution in [0.25, 0.3) is 11.4 Å². The first-order valence-corrected chi connectivity index (χ1v) is 10.6. The Morgan fingerprint density at radius 2 is 2.03 bits per heavy atom. The number of thioether (sulfide) groups is 1. The van der Waals surface area contributed by atoms with E-state index in [1.165, 1.54) is 11.8 Å². The van der Waals surface area contributed by atoms with E-state index in [0.717, 1.165) is 36.5 Å². The molecule has 0 radical (unpaired) electrons. The molecule has 0 spiro atoms. The van der Waals surface area contributed by atoms with Crippen LogP contribution in [0.15, 0.2) is 47.8 Å². The molecule has 0 bridgehead atoms. The number of nitrogens with zero attached hydrogens (tertiary/aromatic N) is 4. The van der Waals surface area contributed by atoms with E-state index in [4.69, 9.17) is 16.3 Å². The lowest BCUT2D eigenvalue weighted by Crippen LogP contribution is -2.15. The van der Waals surface area contributed by atoms with Crippen molar-refractivity contribution in [3.05, 3.63) is 47.7 Å². The van der Waals surface area contributed by atoms with E-state index in [9.17, 15) is 4.79 Å². The van der Waals surface area contributed by atoms with Gasteiger partial charge in [0.25, 0.3) is 0 Å². The smallest absolute Gasteiger partial charge is 0.234 e. The van der Waals surface area contributed by atoms with Gasteiger partial charge in [0.2, 0.25) is 5.91 Å². The number of halogens is 1. The van der Waals surface area contributed by atoms with Crippen molar-refractivity contribution in [3.63, 3.8) is 0 Å². The number of carbonyl (C=O) groups is 1. The van der Waals surface area contributed by atoms with Gasteiger partial charge in [-0.3, -0.25) is 4.79 Å². The number of aromatic nitrogens is 4. The number of methoxy groups -OCH3 is 1. The van der Waals surface area contributed by atoms with Crippen LogP contribution in [0.4, 0.5) is 5.69 Å². The summed E-state index contributed by atoms with van der Waals surface area (Å²) in [4.78, 5) is 16.3. The largest absolute Gasteiger partial charge is 0.497 e. The molecule has 152 valence electrons. The molecule has 0 aliphatic rings. The third kappa shape index (κ3) is 5.48. The van der Waals surface area contributed by atoms with E-state index in [1.54, 1.807) is 25.4 Å². The number of hydrogen-bond acceptors (Lipinski definition) is 6. The standard InChI is InChI=1S/C20H22ClN5O2S/c1-3-4-12-26-19(14-7-9-15(28-2)10-8-14)24-25-20(26)29-13-17(27)23-16-6-5-11-22-18(16)21/h5-11H,3-4,12-13H2,1-2H3,(H,23,27). The SMILES string of the molecule is CCCCn1c(SCC(=O)Nc2cccnc2Cl)nnc1-c1ccc(OC)cc1. The molecule has 0 fully saturated rings. The molecule has 1 aromatic carbocycles. The number of unbranched alkanes of at least 4 members (excludes halogenated alkanes) is 1. The number of nitrogens with one attached hydrogen (secondary N) is 1. The van der Waals surface area contributed by atoms with Crippen molar-refractivity contribution in [1.82, 2.24) is 19.7 Å². The van der Waals surface area contributed by atoms with E-state index in [0.29, 0.717) is 10.8 Å². The van der Waals surface area contributed by atoms with Crippen molar-refractivity contribution in [2.45, 2.75) is 31.5 Å². The molecular formula is C20H22ClN5O2S. The molecule has 0 unspecified atom stereocenters. The van der Waals surface area contributed by atoms with Crippen molar-refractivity contribution in [3.8, 4) is 17.1 Å². The molecular weight excluding hydrogens is 410 g/mol. The highest BCUT2D eigenvalue weighted by Gasteiger charge is 2.16. The number of hydrogen-bond donors (Lipinski definition) is 1. The Kier molecular flexibility index (Phi) is 7.48. The molecule has 3 aromatic rings. The van der Waals surface area contributed by atoms with Gasteiger partial charge in [-0.25, -0.2) is 4.98 Å². The summed E-state index contributed by atoms with van der Waals surface area (Å²) in [5.41, 5.74) is 1.44. The summed E-state index contributed by atoms with van der Waals surface area (Å²) in [5.74, 6) is 1.58. The summed E-state index contributed by atoms with van der Waals surface area (Å²) in [6, 6.07) is 11.1. The summed E-state index contributed by atoms with van der Waals surface area (Å²) >= 11 is 7.34. The average molecular weight is 432 g/mol. The van der Waals surface area contributed by atoms with E-state index in [1.807, 2.05) is 24.3 Å². The van der Waals surface area contributed by atoms with E-state index < -0.39 is 0 Å². The van der Waals surface area contributed by atoms with Crippen LogP contribution >= 0.6 is 23.4 Å². The first kappa shape index (κ1) is 21.1. The van der Waals surface area contributed by atoms with Gasteiger partial charge in [0, 0.05) is 18.3 Å². The number of benzene rings is 1. The number of rotatable bonds is 9. The quantitative estimate of drug-likeness (QED) is 0.396. The maximum Gasteiger partial charge on any atom is 0.234 e.